The molecule has 2 rings (SSSR count). The van der Waals surface area contributed by atoms with Gasteiger partial charge in [-0.1, -0.05) is 36.4 Å². The third-order valence-corrected chi connectivity index (χ3v) is 4.41. The van der Waals surface area contributed by atoms with Crippen LogP contribution < -0.4 is 0 Å². The third kappa shape index (κ3) is 6.01. The highest BCUT2D eigenvalue weighted by atomic mass is 35.5. The second-order valence-electron chi connectivity index (χ2n) is 6.13. The third-order valence-electron chi connectivity index (χ3n) is 4.06. The maximum atomic E-state index is 10.7. The van der Waals surface area contributed by atoms with E-state index in [-0.39, 0.29) is 13.0 Å². The van der Waals surface area contributed by atoms with Gasteiger partial charge in [0.05, 0.1) is 29.0 Å². The second-order valence-corrected chi connectivity index (χ2v) is 6.57. The van der Waals surface area contributed by atoms with E-state index < -0.39 is 5.97 Å². The lowest BCUT2D eigenvalue weighted by Crippen LogP contribution is -2.03. The molecule has 1 heterocycles. The molecule has 1 aromatic carbocycles. The van der Waals surface area contributed by atoms with Crippen LogP contribution in [-0.2, 0) is 17.8 Å². The van der Waals surface area contributed by atoms with Crippen molar-refractivity contribution in [2.75, 3.05) is 0 Å². The zero-order chi connectivity index (χ0) is 19.8. The fourth-order valence-electron chi connectivity index (χ4n) is 2.59. The Morgan fingerprint density at radius 1 is 1.22 bits per heavy atom. The number of nitrogens with zero attached hydrogens (tertiary/aromatic N) is 2. The van der Waals surface area contributed by atoms with E-state index in [0.717, 1.165) is 11.3 Å². The molecule has 0 radical (unpaired) electrons. The highest BCUT2D eigenvalue weighted by molar-refractivity contribution is 6.31. The SMILES string of the molecule is C=C(/C=C\C(Cl)=C/C)c1nc2ccc(CO)cc2nc1CCCCC(=O)O. The predicted molar refractivity (Wildman–Crippen MR) is 108 cm³/mol. The van der Waals surface area contributed by atoms with Gasteiger partial charge in [0.1, 0.15) is 0 Å². The molecule has 0 aliphatic carbocycles. The van der Waals surface area contributed by atoms with Crippen LogP contribution >= 0.6 is 11.6 Å². The lowest BCUT2D eigenvalue weighted by Gasteiger charge is -2.11. The van der Waals surface area contributed by atoms with Crippen LogP contribution in [0.1, 0.15) is 43.1 Å². The van der Waals surface area contributed by atoms with Crippen LogP contribution in [-0.4, -0.2) is 26.2 Å². The summed E-state index contributed by atoms with van der Waals surface area (Å²) in [5.74, 6) is -0.805. The average Bonchev–Trinajstić information content (AvgIpc) is 2.67. The van der Waals surface area contributed by atoms with Crippen LogP contribution in [0.2, 0.25) is 0 Å². The Morgan fingerprint density at radius 3 is 2.67 bits per heavy atom. The molecule has 0 amide bonds. The summed E-state index contributed by atoms with van der Waals surface area (Å²) in [6.45, 7) is 5.86. The van der Waals surface area contributed by atoms with Gasteiger partial charge in [0, 0.05) is 11.5 Å². The number of allylic oxidation sites excluding steroid dienone is 5. The Kier molecular flexibility index (Phi) is 7.70. The number of aliphatic carboxylic acids is 1. The number of aliphatic hydroxyl groups is 1. The van der Waals surface area contributed by atoms with E-state index >= 15 is 0 Å². The van der Waals surface area contributed by atoms with E-state index in [4.69, 9.17) is 26.7 Å². The van der Waals surface area contributed by atoms with Crippen molar-refractivity contribution in [2.45, 2.75) is 39.2 Å². The number of unbranched alkanes of at least 4 members (excludes halogenated alkanes) is 1. The second kappa shape index (κ2) is 10.00. The van der Waals surface area contributed by atoms with Gasteiger partial charge in [0.15, 0.2) is 0 Å². The number of aromatic nitrogens is 2. The van der Waals surface area contributed by atoms with E-state index in [1.54, 1.807) is 18.2 Å². The summed E-state index contributed by atoms with van der Waals surface area (Å²) in [5.41, 5.74) is 4.29. The molecule has 27 heavy (non-hydrogen) atoms. The number of aryl methyl sites for hydroxylation is 1. The summed E-state index contributed by atoms with van der Waals surface area (Å²) >= 11 is 6.01. The number of benzene rings is 1. The number of hydrogen-bond acceptors (Lipinski definition) is 4. The van der Waals surface area contributed by atoms with Gasteiger partial charge in [0.2, 0.25) is 0 Å². The van der Waals surface area contributed by atoms with Crippen LogP contribution in [0.4, 0.5) is 0 Å². The number of carbonyl (C=O) groups is 1. The topological polar surface area (TPSA) is 83.3 Å². The number of halogens is 1. The predicted octanol–water partition coefficient (Wildman–Crippen LogP) is 4.63. The molecule has 6 heteroatoms. The summed E-state index contributed by atoms with van der Waals surface area (Å²) in [5, 5.41) is 18.7. The fourth-order valence-corrected chi connectivity index (χ4v) is 2.65. The van der Waals surface area contributed by atoms with E-state index in [1.165, 1.54) is 0 Å². The smallest absolute Gasteiger partial charge is 0.303 e. The Labute approximate surface area is 163 Å². The van der Waals surface area contributed by atoms with E-state index in [1.807, 2.05) is 25.1 Å². The molecule has 2 aromatic rings. The van der Waals surface area contributed by atoms with Gasteiger partial charge < -0.3 is 10.2 Å². The Balaban J connectivity index is 2.38. The van der Waals surface area contributed by atoms with Crippen LogP contribution in [0.25, 0.3) is 16.6 Å². The summed E-state index contributed by atoms with van der Waals surface area (Å²) in [6.07, 6.45) is 7.30. The zero-order valence-electron chi connectivity index (χ0n) is 15.3. The van der Waals surface area contributed by atoms with Crippen molar-refractivity contribution >= 4 is 34.2 Å². The van der Waals surface area contributed by atoms with Crippen molar-refractivity contribution in [3.8, 4) is 0 Å². The minimum Gasteiger partial charge on any atom is -0.481 e. The Morgan fingerprint density at radius 2 is 2.00 bits per heavy atom. The molecule has 0 atom stereocenters. The fraction of sp³-hybridized carbons (Fsp3) is 0.286. The van der Waals surface area contributed by atoms with Crippen molar-refractivity contribution < 1.29 is 15.0 Å². The first-order chi connectivity index (χ1) is 12.9. The lowest BCUT2D eigenvalue weighted by atomic mass is 10.0. The van der Waals surface area contributed by atoms with Crippen molar-refractivity contribution in [1.82, 2.24) is 9.97 Å². The zero-order valence-corrected chi connectivity index (χ0v) is 16.0. The number of hydrogen-bond donors (Lipinski definition) is 2. The average molecular weight is 387 g/mol. The number of fused-ring (bicyclic) bond motifs is 1. The van der Waals surface area contributed by atoms with Crippen molar-refractivity contribution in [3.05, 3.63) is 65.0 Å². The first-order valence-corrected chi connectivity index (χ1v) is 9.13. The number of rotatable bonds is 9. The van der Waals surface area contributed by atoms with Gasteiger partial charge >= 0.3 is 5.97 Å². The van der Waals surface area contributed by atoms with E-state index in [9.17, 15) is 9.90 Å². The van der Waals surface area contributed by atoms with E-state index in [0.29, 0.717) is 46.6 Å². The quantitative estimate of drug-likeness (QED) is 0.484. The summed E-state index contributed by atoms with van der Waals surface area (Å²) < 4.78 is 0. The van der Waals surface area contributed by atoms with Gasteiger partial charge in [-0.3, -0.25) is 4.79 Å². The molecule has 142 valence electrons. The summed E-state index contributed by atoms with van der Waals surface area (Å²) in [6, 6.07) is 5.44. The Hall–Kier alpha value is -2.50. The number of carboxylic acid groups (broad SMARTS) is 1. The first kappa shape index (κ1) is 20.8. The molecule has 0 spiro atoms. The standard InChI is InChI=1S/C21H23ClN2O3/c1-3-16(22)10-8-14(2)21-18(6-4-5-7-20(26)27)23-19-12-15(13-25)9-11-17(19)24-21/h3,8-12,25H,2,4-7,13H2,1H3,(H,26,27)/b10-8-,16-3+. The molecule has 0 fully saturated rings. The van der Waals surface area contributed by atoms with Crippen molar-refractivity contribution in [1.29, 1.82) is 0 Å². The molecule has 1 aromatic heterocycles. The highest BCUT2D eigenvalue weighted by Crippen LogP contribution is 2.23. The molecule has 2 N–H and O–H groups in total. The minimum atomic E-state index is -0.805. The highest BCUT2D eigenvalue weighted by Gasteiger charge is 2.12. The number of aliphatic hydroxyl groups excluding tert-OH is 1. The van der Waals surface area contributed by atoms with Crippen LogP contribution in [0.3, 0.4) is 0 Å². The molecule has 0 saturated carbocycles. The molecule has 0 aliphatic heterocycles. The van der Waals surface area contributed by atoms with Crippen LogP contribution in [0.5, 0.6) is 0 Å². The molecular weight excluding hydrogens is 364 g/mol. The first-order valence-electron chi connectivity index (χ1n) is 8.76. The summed E-state index contributed by atoms with van der Waals surface area (Å²) in [4.78, 5) is 20.1. The van der Waals surface area contributed by atoms with Gasteiger partial charge in [-0.05, 0) is 55.5 Å². The summed E-state index contributed by atoms with van der Waals surface area (Å²) in [7, 11) is 0. The minimum absolute atomic E-state index is 0.0649. The normalized spacial score (nSPS) is 12.0. The van der Waals surface area contributed by atoms with E-state index in [2.05, 4.69) is 6.58 Å². The largest absolute Gasteiger partial charge is 0.481 e. The van der Waals surface area contributed by atoms with Gasteiger partial charge in [0.25, 0.3) is 0 Å². The van der Waals surface area contributed by atoms with Crippen molar-refractivity contribution in [3.63, 3.8) is 0 Å². The maximum absolute atomic E-state index is 10.7. The molecule has 0 unspecified atom stereocenters. The van der Waals surface area contributed by atoms with Gasteiger partial charge in [-0.2, -0.15) is 0 Å². The molecule has 5 nitrogen and oxygen atoms in total. The molecule has 0 saturated heterocycles. The molecular formula is C21H23ClN2O3. The van der Waals surface area contributed by atoms with Gasteiger partial charge in [-0.25, -0.2) is 9.97 Å². The van der Waals surface area contributed by atoms with Gasteiger partial charge in [-0.15, -0.1) is 0 Å². The maximum Gasteiger partial charge on any atom is 0.303 e. The molecule has 0 aliphatic rings. The van der Waals surface area contributed by atoms with Crippen LogP contribution in [0.15, 0.2) is 48.0 Å². The number of carboxylic acids is 1. The lowest BCUT2D eigenvalue weighted by molar-refractivity contribution is -0.137. The van der Waals surface area contributed by atoms with Crippen molar-refractivity contribution in [2.24, 2.45) is 0 Å². The molecule has 0 bridgehead atoms. The van der Waals surface area contributed by atoms with Crippen LogP contribution in [0, 0.1) is 0 Å². The Bertz CT molecular complexity index is 904. The monoisotopic (exact) mass is 386 g/mol.